The zero-order valence-electron chi connectivity index (χ0n) is 11.6. The molecule has 2 aromatic carbocycles. The molecule has 0 N–H and O–H groups in total. The van der Waals surface area contributed by atoms with Gasteiger partial charge in [0.25, 0.3) is 0 Å². The van der Waals surface area contributed by atoms with Crippen LogP contribution in [-0.2, 0) is 6.18 Å². The molecular formula is C15H10F6OS. The Bertz CT molecular complexity index is 676. The molecular weight excluding hydrogens is 342 g/mol. The maximum Gasteiger partial charge on any atom is 0.573 e. The summed E-state index contributed by atoms with van der Waals surface area (Å²) in [4.78, 5) is 0.502. The third-order valence-electron chi connectivity index (χ3n) is 2.89. The van der Waals surface area contributed by atoms with Gasteiger partial charge in [-0.05, 0) is 47.7 Å². The molecule has 0 amide bonds. The molecule has 0 unspecified atom stereocenters. The van der Waals surface area contributed by atoms with Gasteiger partial charge >= 0.3 is 12.5 Å². The van der Waals surface area contributed by atoms with Crippen molar-refractivity contribution in [3.63, 3.8) is 0 Å². The smallest absolute Gasteiger partial charge is 0.406 e. The third kappa shape index (κ3) is 4.82. The molecule has 0 saturated carbocycles. The second-order valence-electron chi connectivity index (χ2n) is 4.52. The summed E-state index contributed by atoms with van der Waals surface area (Å²) in [5.41, 5.74) is -0.125. The minimum atomic E-state index is -4.84. The van der Waals surface area contributed by atoms with Crippen molar-refractivity contribution in [2.24, 2.45) is 0 Å². The molecule has 0 radical (unpaired) electrons. The average molecular weight is 352 g/mol. The van der Waals surface area contributed by atoms with Gasteiger partial charge in [0, 0.05) is 4.90 Å². The Morgan fingerprint density at radius 2 is 1.43 bits per heavy atom. The molecule has 0 saturated heterocycles. The normalized spacial score (nSPS) is 12.3. The van der Waals surface area contributed by atoms with Gasteiger partial charge < -0.3 is 4.74 Å². The van der Waals surface area contributed by atoms with Crippen molar-refractivity contribution in [1.82, 2.24) is 0 Å². The zero-order chi connectivity index (χ0) is 17.3. The highest BCUT2D eigenvalue weighted by atomic mass is 32.2. The Morgan fingerprint density at radius 3 is 1.91 bits per heavy atom. The first-order chi connectivity index (χ1) is 10.6. The largest absolute Gasteiger partial charge is 0.573 e. The van der Waals surface area contributed by atoms with E-state index < -0.39 is 23.9 Å². The predicted octanol–water partition coefficient (Wildman–Crippen LogP) is 5.99. The van der Waals surface area contributed by atoms with Gasteiger partial charge in [0.1, 0.15) is 5.75 Å². The Morgan fingerprint density at radius 1 is 0.826 bits per heavy atom. The van der Waals surface area contributed by atoms with E-state index in [9.17, 15) is 26.3 Å². The van der Waals surface area contributed by atoms with Crippen molar-refractivity contribution >= 4 is 11.8 Å². The zero-order valence-corrected chi connectivity index (χ0v) is 12.4. The van der Waals surface area contributed by atoms with Crippen LogP contribution in [0.5, 0.6) is 5.75 Å². The topological polar surface area (TPSA) is 9.23 Å². The fourth-order valence-electron chi connectivity index (χ4n) is 1.90. The van der Waals surface area contributed by atoms with Crippen LogP contribution >= 0.6 is 11.8 Å². The predicted molar refractivity (Wildman–Crippen MR) is 75.3 cm³/mol. The van der Waals surface area contributed by atoms with Gasteiger partial charge in [-0.1, -0.05) is 12.1 Å². The molecule has 0 atom stereocenters. The lowest BCUT2D eigenvalue weighted by atomic mass is 10.0. The van der Waals surface area contributed by atoms with E-state index >= 15 is 0 Å². The molecule has 8 heteroatoms. The van der Waals surface area contributed by atoms with Gasteiger partial charge in [0.15, 0.2) is 0 Å². The maximum absolute atomic E-state index is 12.5. The first-order valence-corrected chi connectivity index (χ1v) is 7.43. The molecule has 1 nitrogen and oxygen atoms in total. The van der Waals surface area contributed by atoms with Crippen LogP contribution in [0.15, 0.2) is 47.4 Å². The van der Waals surface area contributed by atoms with E-state index in [0.29, 0.717) is 16.0 Å². The van der Waals surface area contributed by atoms with Crippen LogP contribution in [-0.4, -0.2) is 12.6 Å². The van der Waals surface area contributed by atoms with E-state index in [1.165, 1.54) is 30.0 Å². The highest BCUT2D eigenvalue weighted by Crippen LogP contribution is 2.35. The molecule has 0 aliphatic carbocycles. The number of halogens is 6. The van der Waals surface area contributed by atoms with Crippen LogP contribution in [0.2, 0.25) is 0 Å². The van der Waals surface area contributed by atoms with Crippen molar-refractivity contribution < 1.29 is 31.1 Å². The summed E-state index contributed by atoms with van der Waals surface area (Å²) < 4.78 is 78.5. The molecule has 0 bridgehead atoms. The van der Waals surface area contributed by atoms with Crippen LogP contribution in [0.25, 0.3) is 11.1 Å². The van der Waals surface area contributed by atoms with Gasteiger partial charge in [-0.3, -0.25) is 0 Å². The van der Waals surface area contributed by atoms with Crippen molar-refractivity contribution in [1.29, 1.82) is 0 Å². The minimum Gasteiger partial charge on any atom is -0.406 e. The summed E-state index contributed by atoms with van der Waals surface area (Å²) >= 11 is 1.20. The monoisotopic (exact) mass is 352 g/mol. The second-order valence-corrected chi connectivity index (χ2v) is 5.40. The summed E-state index contributed by atoms with van der Waals surface area (Å²) in [5.74, 6) is -0.417. The molecule has 0 heterocycles. The fraction of sp³-hybridized carbons (Fsp3) is 0.200. The van der Waals surface area contributed by atoms with E-state index in [4.69, 9.17) is 0 Å². The average Bonchev–Trinajstić information content (AvgIpc) is 2.44. The number of alkyl halides is 6. The fourth-order valence-corrected chi connectivity index (χ4v) is 2.38. The summed E-state index contributed by atoms with van der Waals surface area (Å²) in [6.07, 6.45) is -7.64. The highest BCUT2D eigenvalue weighted by Gasteiger charge is 2.32. The summed E-state index contributed by atoms with van der Waals surface area (Å²) in [6, 6.07) is 8.11. The summed E-state index contributed by atoms with van der Waals surface area (Å²) in [5, 5.41) is 0. The Kier molecular flexibility index (Phi) is 4.84. The Hall–Kier alpha value is -1.83. The SMILES string of the molecule is CSc1cc(OC(F)(F)F)cc(-c2ccc(C(F)(F)F)cc2)c1. The first kappa shape index (κ1) is 17.5. The van der Waals surface area contributed by atoms with Crippen molar-refractivity contribution in [3.05, 3.63) is 48.0 Å². The molecule has 0 spiro atoms. The second kappa shape index (κ2) is 6.35. The maximum atomic E-state index is 12.5. The Labute approximate surface area is 132 Å². The van der Waals surface area contributed by atoms with Gasteiger partial charge in [-0.25, -0.2) is 0 Å². The van der Waals surface area contributed by atoms with Crippen molar-refractivity contribution in [3.8, 4) is 16.9 Å². The number of hydrogen-bond acceptors (Lipinski definition) is 2. The van der Waals surface area contributed by atoms with Gasteiger partial charge in [-0.2, -0.15) is 13.2 Å². The van der Waals surface area contributed by atoms with Crippen LogP contribution in [0.4, 0.5) is 26.3 Å². The number of rotatable bonds is 3. The lowest BCUT2D eigenvalue weighted by molar-refractivity contribution is -0.274. The number of benzene rings is 2. The third-order valence-corrected chi connectivity index (χ3v) is 3.60. The minimum absolute atomic E-state index is 0.338. The summed E-state index contributed by atoms with van der Waals surface area (Å²) in [6.45, 7) is 0. The molecule has 0 aliphatic rings. The van der Waals surface area contributed by atoms with E-state index in [0.717, 1.165) is 18.2 Å². The standard InChI is InChI=1S/C15H10F6OS/c1-23-13-7-10(6-12(8-13)22-15(19,20)21)9-2-4-11(5-3-9)14(16,17)18/h2-8H,1H3. The lowest BCUT2D eigenvalue weighted by Gasteiger charge is -2.13. The van der Waals surface area contributed by atoms with E-state index in [2.05, 4.69) is 4.74 Å². The van der Waals surface area contributed by atoms with Crippen molar-refractivity contribution in [2.45, 2.75) is 17.4 Å². The van der Waals surface area contributed by atoms with Gasteiger partial charge in [0.05, 0.1) is 5.56 Å². The van der Waals surface area contributed by atoms with Crippen LogP contribution in [0.1, 0.15) is 5.56 Å². The number of ether oxygens (including phenoxy) is 1. The number of thioether (sulfide) groups is 1. The molecule has 124 valence electrons. The van der Waals surface area contributed by atoms with Gasteiger partial charge in [0.2, 0.25) is 0 Å². The van der Waals surface area contributed by atoms with E-state index in [1.807, 2.05) is 0 Å². The summed E-state index contributed by atoms with van der Waals surface area (Å²) in [7, 11) is 0. The quantitative estimate of drug-likeness (QED) is 0.495. The molecule has 23 heavy (non-hydrogen) atoms. The number of hydrogen-bond donors (Lipinski definition) is 0. The highest BCUT2D eigenvalue weighted by molar-refractivity contribution is 7.98. The first-order valence-electron chi connectivity index (χ1n) is 6.21. The van der Waals surface area contributed by atoms with Crippen LogP contribution in [0, 0.1) is 0 Å². The van der Waals surface area contributed by atoms with Crippen molar-refractivity contribution in [2.75, 3.05) is 6.26 Å². The molecule has 2 aromatic rings. The molecule has 2 rings (SSSR count). The van der Waals surface area contributed by atoms with E-state index in [1.54, 1.807) is 12.3 Å². The van der Waals surface area contributed by atoms with Crippen LogP contribution < -0.4 is 4.74 Å². The van der Waals surface area contributed by atoms with Gasteiger partial charge in [-0.15, -0.1) is 24.9 Å². The molecule has 0 aliphatic heterocycles. The van der Waals surface area contributed by atoms with E-state index in [-0.39, 0.29) is 0 Å². The molecule has 0 fully saturated rings. The lowest BCUT2D eigenvalue weighted by Crippen LogP contribution is -2.17. The van der Waals surface area contributed by atoms with Crippen LogP contribution in [0.3, 0.4) is 0 Å². The molecule has 0 aromatic heterocycles. The Balaban J connectivity index is 2.40.